The van der Waals surface area contributed by atoms with Crippen LogP contribution in [0.3, 0.4) is 0 Å². The molecule has 0 atom stereocenters. The van der Waals surface area contributed by atoms with Crippen molar-refractivity contribution in [3.8, 4) is 0 Å². The van der Waals surface area contributed by atoms with Gasteiger partial charge in [-0.3, -0.25) is 9.59 Å². The van der Waals surface area contributed by atoms with E-state index in [1.807, 2.05) is 28.0 Å². The lowest BCUT2D eigenvalue weighted by atomic mass is 9.95. The van der Waals surface area contributed by atoms with E-state index in [0.717, 1.165) is 50.6 Å². The fourth-order valence-corrected chi connectivity index (χ4v) is 4.03. The quantitative estimate of drug-likeness (QED) is 0.863. The molecule has 2 saturated heterocycles. The lowest BCUT2D eigenvalue weighted by molar-refractivity contribution is -0.917. The Morgan fingerprint density at radius 2 is 1.72 bits per heavy atom. The number of piperidine rings is 1. The van der Waals surface area contributed by atoms with Gasteiger partial charge in [-0.05, 0) is 18.9 Å². The van der Waals surface area contributed by atoms with Crippen LogP contribution in [0.5, 0.6) is 0 Å². The second-order valence-electron chi connectivity index (χ2n) is 7.12. The lowest BCUT2D eigenvalue weighted by Crippen LogP contribution is -3.13. The van der Waals surface area contributed by atoms with Gasteiger partial charge in [-0.25, -0.2) is 0 Å². The first-order valence-corrected chi connectivity index (χ1v) is 9.53. The molecule has 0 radical (unpaired) electrons. The van der Waals surface area contributed by atoms with Crippen LogP contribution >= 0.6 is 11.6 Å². The molecule has 6 heteroatoms. The zero-order chi connectivity index (χ0) is 17.8. The summed E-state index contributed by atoms with van der Waals surface area (Å²) in [7, 11) is 0. The van der Waals surface area contributed by atoms with Crippen LogP contribution in [0.1, 0.15) is 25.3 Å². The van der Waals surface area contributed by atoms with Gasteiger partial charge < -0.3 is 14.7 Å². The van der Waals surface area contributed by atoms with Crippen LogP contribution in [0, 0.1) is 5.92 Å². The highest BCUT2D eigenvalue weighted by atomic mass is 35.5. The second-order valence-corrected chi connectivity index (χ2v) is 7.53. The Labute approximate surface area is 154 Å². The van der Waals surface area contributed by atoms with Gasteiger partial charge in [-0.1, -0.05) is 29.8 Å². The second kappa shape index (κ2) is 8.19. The molecule has 1 aromatic carbocycles. The van der Waals surface area contributed by atoms with Crippen molar-refractivity contribution in [3.05, 3.63) is 34.9 Å². The molecule has 1 aromatic rings. The molecule has 0 aromatic heterocycles. The van der Waals surface area contributed by atoms with Crippen molar-refractivity contribution in [2.75, 3.05) is 39.3 Å². The standard InChI is InChI=1S/C19H26ClN3O2/c1-15(24)22-8-6-16(7-9-22)19(25)23-12-10-21(11-13-23)14-17-4-2-3-5-18(17)20/h2-5,16H,6-14H2,1H3/p+1. The maximum Gasteiger partial charge on any atom is 0.226 e. The van der Waals surface area contributed by atoms with Crippen LogP contribution < -0.4 is 4.90 Å². The van der Waals surface area contributed by atoms with Crippen molar-refractivity contribution in [1.82, 2.24) is 9.80 Å². The van der Waals surface area contributed by atoms with Crippen LogP contribution in [-0.4, -0.2) is 60.9 Å². The molecule has 2 fully saturated rings. The molecular weight excluding hydrogens is 338 g/mol. The Balaban J connectivity index is 1.47. The topological polar surface area (TPSA) is 45.1 Å². The number of likely N-dealkylation sites (tertiary alicyclic amines) is 1. The summed E-state index contributed by atoms with van der Waals surface area (Å²) >= 11 is 6.25. The lowest BCUT2D eigenvalue weighted by Gasteiger charge is -2.37. The molecule has 3 rings (SSSR count). The summed E-state index contributed by atoms with van der Waals surface area (Å²) in [5.74, 6) is 0.475. The van der Waals surface area contributed by atoms with E-state index in [1.54, 1.807) is 6.92 Å². The van der Waals surface area contributed by atoms with E-state index in [-0.39, 0.29) is 17.7 Å². The number of hydrogen-bond donors (Lipinski definition) is 1. The van der Waals surface area contributed by atoms with Crippen LogP contribution in [-0.2, 0) is 16.1 Å². The van der Waals surface area contributed by atoms with Crippen molar-refractivity contribution < 1.29 is 14.5 Å². The van der Waals surface area contributed by atoms with E-state index in [0.29, 0.717) is 13.1 Å². The smallest absolute Gasteiger partial charge is 0.226 e. The number of rotatable bonds is 3. The minimum Gasteiger partial charge on any atom is -0.343 e. The Morgan fingerprint density at radius 3 is 2.32 bits per heavy atom. The maximum absolute atomic E-state index is 12.7. The first kappa shape index (κ1) is 18.2. The minimum atomic E-state index is 0.0840. The van der Waals surface area contributed by atoms with Crippen LogP contribution in [0.4, 0.5) is 0 Å². The fraction of sp³-hybridized carbons (Fsp3) is 0.579. The molecule has 0 spiro atoms. The number of benzene rings is 1. The highest BCUT2D eigenvalue weighted by Crippen LogP contribution is 2.20. The van der Waals surface area contributed by atoms with E-state index in [4.69, 9.17) is 11.6 Å². The molecule has 2 aliphatic heterocycles. The third-order valence-electron chi connectivity index (χ3n) is 5.47. The van der Waals surface area contributed by atoms with Gasteiger partial charge in [0.2, 0.25) is 11.8 Å². The predicted octanol–water partition coefficient (Wildman–Crippen LogP) is 0.826. The van der Waals surface area contributed by atoms with Gasteiger partial charge in [0.1, 0.15) is 6.54 Å². The zero-order valence-corrected chi connectivity index (χ0v) is 15.6. The van der Waals surface area contributed by atoms with Crippen molar-refractivity contribution in [2.45, 2.75) is 26.3 Å². The zero-order valence-electron chi connectivity index (χ0n) is 14.8. The maximum atomic E-state index is 12.7. The number of nitrogens with one attached hydrogen (secondary N) is 1. The Kier molecular flexibility index (Phi) is 5.97. The number of hydrogen-bond acceptors (Lipinski definition) is 2. The average molecular weight is 365 g/mol. The normalized spacial score (nSPS) is 19.9. The van der Waals surface area contributed by atoms with Crippen LogP contribution in [0.15, 0.2) is 24.3 Å². The average Bonchev–Trinajstić information content (AvgIpc) is 2.64. The molecule has 2 heterocycles. The third-order valence-corrected chi connectivity index (χ3v) is 5.84. The van der Waals surface area contributed by atoms with Crippen molar-refractivity contribution >= 4 is 23.4 Å². The highest BCUT2D eigenvalue weighted by Gasteiger charge is 2.32. The molecule has 136 valence electrons. The molecule has 0 unspecified atom stereocenters. The van der Waals surface area contributed by atoms with Gasteiger partial charge in [0.25, 0.3) is 0 Å². The monoisotopic (exact) mass is 364 g/mol. The largest absolute Gasteiger partial charge is 0.343 e. The van der Waals surface area contributed by atoms with Crippen molar-refractivity contribution in [3.63, 3.8) is 0 Å². The number of quaternary nitrogens is 1. The van der Waals surface area contributed by atoms with E-state index in [2.05, 4.69) is 6.07 Å². The van der Waals surface area contributed by atoms with E-state index < -0.39 is 0 Å². The summed E-state index contributed by atoms with van der Waals surface area (Å²) in [5, 5.41) is 0.825. The summed E-state index contributed by atoms with van der Waals surface area (Å²) in [6, 6.07) is 7.99. The van der Waals surface area contributed by atoms with E-state index in [1.165, 1.54) is 10.5 Å². The number of carbonyl (C=O) groups is 2. The number of amides is 2. The summed E-state index contributed by atoms with van der Waals surface area (Å²) in [6.07, 6.45) is 1.59. The molecule has 0 saturated carbocycles. The van der Waals surface area contributed by atoms with Gasteiger partial charge in [-0.15, -0.1) is 0 Å². The van der Waals surface area contributed by atoms with Crippen molar-refractivity contribution in [1.29, 1.82) is 0 Å². The first-order chi connectivity index (χ1) is 12.0. The van der Waals surface area contributed by atoms with Crippen LogP contribution in [0.2, 0.25) is 5.02 Å². The minimum absolute atomic E-state index is 0.0840. The van der Waals surface area contributed by atoms with E-state index >= 15 is 0 Å². The summed E-state index contributed by atoms with van der Waals surface area (Å²) in [6.45, 7) is 7.48. The van der Waals surface area contributed by atoms with Gasteiger partial charge in [0.05, 0.1) is 26.2 Å². The summed E-state index contributed by atoms with van der Waals surface area (Å²) in [5.41, 5.74) is 1.18. The van der Waals surface area contributed by atoms with Gasteiger partial charge in [0.15, 0.2) is 0 Å². The SMILES string of the molecule is CC(=O)N1CCC(C(=O)N2CC[NH+](Cc3ccccc3Cl)CC2)CC1. The van der Waals surface area contributed by atoms with E-state index in [9.17, 15) is 9.59 Å². The summed E-state index contributed by atoms with van der Waals surface area (Å²) < 4.78 is 0. The molecular formula is C19H27ClN3O2+. The summed E-state index contributed by atoms with van der Waals surface area (Å²) in [4.78, 5) is 29.5. The molecule has 2 aliphatic rings. The first-order valence-electron chi connectivity index (χ1n) is 9.16. The number of piperazine rings is 1. The Morgan fingerprint density at radius 1 is 1.08 bits per heavy atom. The Bertz CT molecular complexity index is 621. The predicted molar refractivity (Wildman–Crippen MR) is 97.4 cm³/mol. The highest BCUT2D eigenvalue weighted by molar-refractivity contribution is 6.31. The molecule has 2 amide bonds. The number of halogens is 1. The van der Waals surface area contributed by atoms with Gasteiger partial charge in [0, 0.05) is 36.5 Å². The molecule has 1 N–H and O–H groups in total. The molecule has 5 nitrogen and oxygen atoms in total. The number of nitrogens with zero attached hydrogens (tertiary/aromatic N) is 2. The number of carbonyl (C=O) groups excluding carboxylic acids is 2. The fourth-order valence-electron chi connectivity index (χ4n) is 3.83. The molecule has 0 aliphatic carbocycles. The van der Waals surface area contributed by atoms with Gasteiger partial charge in [-0.2, -0.15) is 0 Å². The van der Waals surface area contributed by atoms with Crippen molar-refractivity contribution in [2.24, 2.45) is 5.92 Å². The van der Waals surface area contributed by atoms with Crippen LogP contribution in [0.25, 0.3) is 0 Å². The molecule has 0 bridgehead atoms. The third kappa shape index (κ3) is 4.53. The van der Waals surface area contributed by atoms with Gasteiger partial charge >= 0.3 is 0 Å². The Hall–Kier alpha value is -1.59. The molecule has 25 heavy (non-hydrogen) atoms.